The Bertz CT molecular complexity index is 1230. The topological polar surface area (TPSA) is 108 Å². The van der Waals surface area contributed by atoms with E-state index < -0.39 is 0 Å². The third-order valence-electron chi connectivity index (χ3n) is 4.67. The molecule has 0 fully saturated rings. The molecule has 2 heterocycles. The molecular weight excluding hydrogens is 390 g/mol. The number of carbonyl (C=O) groups is 1. The second-order valence-electron chi connectivity index (χ2n) is 6.83. The number of aromatic amines is 1. The smallest absolute Gasteiger partial charge is 0.257 e. The highest BCUT2D eigenvalue weighted by Gasteiger charge is 2.24. The van der Waals surface area contributed by atoms with Crippen molar-refractivity contribution < 1.29 is 9.90 Å². The summed E-state index contributed by atoms with van der Waals surface area (Å²) in [5.74, 6) is -0.640. The Labute approximate surface area is 171 Å². The molecule has 0 aliphatic rings. The minimum absolute atomic E-state index is 0.100. The molecule has 0 saturated heterocycles. The minimum Gasteiger partial charge on any atom is -0.506 e. The van der Waals surface area contributed by atoms with Crippen LogP contribution in [0, 0.1) is 0 Å². The third kappa shape index (κ3) is 3.25. The second kappa shape index (κ2) is 7.10. The zero-order valence-corrected chi connectivity index (χ0v) is 16.5. The lowest BCUT2D eigenvalue weighted by Crippen LogP contribution is -2.22. The highest BCUT2D eigenvalue weighted by molar-refractivity contribution is 6.33. The molecule has 0 spiro atoms. The zero-order chi connectivity index (χ0) is 20.7. The second-order valence-corrected chi connectivity index (χ2v) is 7.24. The van der Waals surface area contributed by atoms with Crippen LogP contribution in [0.15, 0.2) is 48.7 Å². The number of anilines is 1. The molecule has 1 amide bonds. The van der Waals surface area contributed by atoms with Crippen LogP contribution in [-0.2, 0) is 0 Å². The number of aromatic nitrogens is 3. The lowest BCUT2D eigenvalue weighted by Gasteiger charge is -2.16. The van der Waals surface area contributed by atoms with Gasteiger partial charge in [0.05, 0.1) is 16.3 Å². The Morgan fingerprint density at radius 1 is 1.14 bits per heavy atom. The van der Waals surface area contributed by atoms with Gasteiger partial charge in [0.15, 0.2) is 5.65 Å². The predicted molar refractivity (Wildman–Crippen MR) is 114 cm³/mol. The zero-order valence-electron chi connectivity index (χ0n) is 15.8. The molecule has 4 aromatic rings. The number of pyridine rings is 1. The van der Waals surface area contributed by atoms with Crippen molar-refractivity contribution in [2.75, 3.05) is 19.8 Å². The minimum atomic E-state index is -0.370. The lowest BCUT2D eigenvalue weighted by molar-refractivity contribution is 0.0825. The first-order chi connectivity index (χ1) is 13.9. The van der Waals surface area contributed by atoms with Crippen LogP contribution in [0.3, 0.4) is 0 Å². The molecule has 8 heteroatoms. The van der Waals surface area contributed by atoms with Crippen molar-refractivity contribution in [3.63, 3.8) is 0 Å². The summed E-state index contributed by atoms with van der Waals surface area (Å²) in [6.45, 7) is 0. The first-order valence-corrected chi connectivity index (χ1v) is 9.18. The quantitative estimate of drug-likeness (QED) is 0.446. The van der Waals surface area contributed by atoms with E-state index in [9.17, 15) is 9.90 Å². The molecule has 4 N–H and O–H groups in total. The van der Waals surface area contributed by atoms with E-state index in [0.29, 0.717) is 28.0 Å². The van der Waals surface area contributed by atoms with Crippen molar-refractivity contribution in [3.8, 4) is 28.1 Å². The van der Waals surface area contributed by atoms with E-state index in [1.165, 1.54) is 4.90 Å². The fraction of sp³-hybridized carbons (Fsp3) is 0.0952. The monoisotopic (exact) mass is 407 g/mol. The van der Waals surface area contributed by atoms with Crippen LogP contribution < -0.4 is 5.73 Å². The van der Waals surface area contributed by atoms with Crippen molar-refractivity contribution in [2.45, 2.75) is 0 Å². The largest absolute Gasteiger partial charge is 0.506 e. The van der Waals surface area contributed by atoms with Crippen LogP contribution in [0.25, 0.3) is 33.4 Å². The lowest BCUT2D eigenvalue weighted by atomic mass is 9.99. The van der Waals surface area contributed by atoms with E-state index in [2.05, 4.69) is 15.2 Å². The maximum absolute atomic E-state index is 12.7. The number of rotatable bonds is 3. The fourth-order valence-corrected chi connectivity index (χ4v) is 3.31. The molecule has 0 saturated carbocycles. The molecule has 2 aromatic heterocycles. The van der Waals surface area contributed by atoms with Gasteiger partial charge in [-0.25, -0.2) is 4.98 Å². The van der Waals surface area contributed by atoms with Crippen LogP contribution in [0.4, 0.5) is 5.69 Å². The summed E-state index contributed by atoms with van der Waals surface area (Å²) >= 11 is 6.06. The van der Waals surface area contributed by atoms with Gasteiger partial charge in [0, 0.05) is 42.5 Å². The van der Waals surface area contributed by atoms with Crippen molar-refractivity contribution in [1.29, 1.82) is 0 Å². The highest BCUT2D eigenvalue weighted by Crippen LogP contribution is 2.38. The molecule has 0 atom stereocenters. The van der Waals surface area contributed by atoms with Crippen LogP contribution >= 0.6 is 11.6 Å². The van der Waals surface area contributed by atoms with Crippen LogP contribution in [-0.4, -0.2) is 45.2 Å². The number of phenolic OH excluding ortho intramolecular Hbond substituents is 1. The first-order valence-electron chi connectivity index (χ1n) is 8.80. The number of nitrogens with zero attached hydrogens (tertiary/aromatic N) is 3. The average Bonchev–Trinajstić information content (AvgIpc) is 3.13. The van der Waals surface area contributed by atoms with Gasteiger partial charge in [-0.3, -0.25) is 9.89 Å². The van der Waals surface area contributed by atoms with E-state index >= 15 is 0 Å². The number of H-pyrrole nitrogens is 1. The van der Waals surface area contributed by atoms with E-state index in [-0.39, 0.29) is 22.2 Å². The van der Waals surface area contributed by atoms with E-state index in [1.54, 1.807) is 32.4 Å². The molecule has 0 aliphatic carbocycles. The van der Waals surface area contributed by atoms with Crippen LogP contribution in [0.2, 0.25) is 5.02 Å². The Morgan fingerprint density at radius 3 is 2.55 bits per heavy atom. The standard InChI is InChI=1S/C21H18ClN5O2/c1-27(2)21(29)17-14(7-8-16(22)19(17)28)18-15-9-12(10-24-20(15)26-25-18)11-3-5-13(23)6-4-11/h3-10,28H,23H2,1-2H3,(H,24,25,26). The number of halogens is 1. The van der Waals surface area contributed by atoms with Gasteiger partial charge in [-0.1, -0.05) is 29.8 Å². The number of amides is 1. The summed E-state index contributed by atoms with van der Waals surface area (Å²) < 4.78 is 0. The summed E-state index contributed by atoms with van der Waals surface area (Å²) in [7, 11) is 3.22. The molecule has 7 nitrogen and oxygen atoms in total. The van der Waals surface area contributed by atoms with Crippen molar-refractivity contribution in [1.82, 2.24) is 20.1 Å². The number of nitrogens with one attached hydrogen (secondary N) is 1. The molecule has 0 radical (unpaired) electrons. The summed E-state index contributed by atoms with van der Waals surface area (Å²) in [6, 6.07) is 12.6. The number of hydrogen-bond acceptors (Lipinski definition) is 5. The van der Waals surface area contributed by atoms with Gasteiger partial charge >= 0.3 is 0 Å². The van der Waals surface area contributed by atoms with Gasteiger partial charge in [0.2, 0.25) is 0 Å². The molecular formula is C21H18ClN5O2. The Balaban J connectivity index is 1.93. The van der Waals surface area contributed by atoms with Crippen molar-refractivity contribution in [3.05, 3.63) is 59.2 Å². The van der Waals surface area contributed by atoms with Gasteiger partial charge < -0.3 is 15.7 Å². The maximum atomic E-state index is 12.7. The number of phenols is 1. The maximum Gasteiger partial charge on any atom is 0.257 e. The van der Waals surface area contributed by atoms with Gasteiger partial charge in [0.25, 0.3) is 5.91 Å². The molecule has 0 bridgehead atoms. The summed E-state index contributed by atoms with van der Waals surface area (Å²) in [5, 5.41) is 18.5. The average molecular weight is 408 g/mol. The molecule has 0 unspecified atom stereocenters. The van der Waals surface area contributed by atoms with Crippen molar-refractivity contribution in [2.24, 2.45) is 0 Å². The van der Waals surface area contributed by atoms with E-state index in [4.69, 9.17) is 17.3 Å². The fourth-order valence-electron chi connectivity index (χ4n) is 3.15. The molecule has 0 aliphatic heterocycles. The van der Waals surface area contributed by atoms with Crippen molar-refractivity contribution >= 4 is 34.2 Å². The Kier molecular flexibility index (Phi) is 4.60. The number of nitrogens with two attached hydrogens (primary N) is 1. The SMILES string of the molecule is CN(C)C(=O)c1c(-c2[nH]nc3ncc(-c4ccc(N)cc4)cc23)ccc(Cl)c1O. The third-order valence-corrected chi connectivity index (χ3v) is 4.98. The summed E-state index contributed by atoms with van der Waals surface area (Å²) in [6.07, 6.45) is 1.73. The van der Waals surface area contributed by atoms with E-state index in [1.807, 2.05) is 30.3 Å². The van der Waals surface area contributed by atoms with Crippen LogP contribution in [0.1, 0.15) is 10.4 Å². The van der Waals surface area contributed by atoms with Gasteiger partial charge in [0.1, 0.15) is 5.75 Å². The number of benzene rings is 2. The number of aromatic hydroxyl groups is 1. The van der Waals surface area contributed by atoms with E-state index in [0.717, 1.165) is 11.1 Å². The van der Waals surface area contributed by atoms with Gasteiger partial charge in [-0.05, 0) is 29.8 Å². The predicted octanol–water partition coefficient (Wildman–Crippen LogP) is 3.93. The Hall–Kier alpha value is -3.58. The Morgan fingerprint density at radius 2 is 1.86 bits per heavy atom. The molecule has 4 rings (SSSR count). The molecule has 2 aromatic carbocycles. The number of carbonyl (C=O) groups excluding carboxylic acids is 1. The number of hydrogen-bond donors (Lipinski definition) is 3. The summed E-state index contributed by atoms with van der Waals surface area (Å²) in [4.78, 5) is 18.5. The van der Waals surface area contributed by atoms with Crippen LogP contribution in [0.5, 0.6) is 5.75 Å². The number of nitrogen functional groups attached to an aromatic ring is 1. The summed E-state index contributed by atoms with van der Waals surface area (Å²) in [5.41, 5.74) is 9.93. The molecule has 146 valence electrons. The molecule has 29 heavy (non-hydrogen) atoms. The van der Waals surface area contributed by atoms with Gasteiger partial charge in [-0.15, -0.1) is 0 Å². The van der Waals surface area contributed by atoms with Gasteiger partial charge in [-0.2, -0.15) is 5.10 Å². The first kappa shape index (κ1) is 18.8. The normalized spacial score (nSPS) is 11.0. The highest BCUT2D eigenvalue weighted by atomic mass is 35.5. The number of fused-ring (bicyclic) bond motifs is 1.